The molecule has 2 nitrogen and oxygen atoms in total. The molecule has 134 valence electrons. The SMILES string of the molecule is Clc1nc(-c2cccc3c2Sc2ccccc2S3)c2c(n1)sc1ccccc12. The van der Waals surface area contributed by atoms with Gasteiger partial charge in [0.05, 0.1) is 5.69 Å². The van der Waals surface area contributed by atoms with E-state index in [9.17, 15) is 0 Å². The molecule has 0 atom stereocenters. The van der Waals surface area contributed by atoms with Gasteiger partial charge in [-0.1, -0.05) is 66.0 Å². The molecule has 0 aliphatic carbocycles. The van der Waals surface area contributed by atoms with Gasteiger partial charge in [-0.2, -0.15) is 0 Å². The molecule has 0 saturated heterocycles. The van der Waals surface area contributed by atoms with E-state index in [-0.39, 0.29) is 0 Å². The fraction of sp³-hybridized carbons (Fsp3) is 0. The Balaban J connectivity index is 1.66. The molecule has 0 N–H and O–H groups in total. The summed E-state index contributed by atoms with van der Waals surface area (Å²) in [5, 5.41) is 2.56. The van der Waals surface area contributed by atoms with E-state index in [1.165, 1.54) is 29.7 Å². The number of rotatable bonds is 1. The van der Waals surface area contributed by atoms with Crippen molar-refractivity contribution in [1.82, 2.24) is 9.97 Å². The van der Waals surface area contributed by atoms with E-state index in [1.807, 2.05) is 11.8 Å². The van der Waals surface area contributed by atoms with Gasteiger partial charge in [-0.3, -0.25) is 0 Å². The molecule has 0 fully saturated rings. The minimum Gasteiger partial charge on any atom is -0.217 e. The van der Waals surface area contributed by atoms with Crippen LogP contribution in [0.1, 0.15) is 0 Å². The lowest BCUT2D eigenvalue weighted by molar-refractivity contribution is 1.14. The van der Waals surface area contributed by atoms with Gasteiger partial charge < -0.3 is 0 Å². The van der Waals surface area contributed by atoms with Gasteiger partial charge in [0.1, 0.15) is 4.83 Å². The molecule has 1 aliphatic heterocycles. The summed E-state index contributed by atoms with van der Waals surface area (Å²) in [5.74, 6) is 0. The van der Waals surface area contributed by atoms with Gasteiger partial charge in [-0.25, -0.2) is 9.97 Å². The highest BCUT2D eigenvalue weighted by Crippen LogP contribution is 2.52. The van der Waals surface area contributed by atoms with Crippen molar-refractivity contribution in [2.45, 2.75) is 19.6 Å². The summed E-state index contributed by atoms with van der Waals surface area (Å²) >= 11 is 11.6. The Morgan fingerprint density at radius 1 is 0.714 bits per heavy atom. The van der Waals surface area contributed by atoms with E-state index in [2.05, 4.69) is 71.7 Å². The van der Waals surface area contributed by atoms with Crippen LogP contribution in [0.2, 0.25) is 5.28 Å². The molecule has 28 heavy (non-hydrogen) atoms. The summed E-state index contributed by atoms with van der Waals surface area (Å²) in [4.78, 5) is 15.2. The lowest BCUT2D eigenvalue weighted by Crippen LogP contribution is -1.95. The molecule has 3 heterocycles. The first kappa shape index (κ1) is 16.9. The van der Waals surface area contributed by atoms with Crippen molar-refractivity contribution < 1.29 is 0 Å². The fourth-order valence-corrected chi connectivity index (χ4v) is 7.20. The van der Waals surface area contributed by atoms with E-state index in [1.54, 1.807) is 23.1 Å². The van der Waals surface area contributed by atoms with Gasteiger partial charge in [0.15, 0.2) is 0 Å². The van der Waals surface area contributed by atoms with Crippen LogP contribution in [0, 0.1) is 0 Å². The van der Waals surface area contributed by atoms with Crippen LogP contribution >= 0.6 is 46.5 Å². The summed E-state index contributed by atoms with van der Waals surface area (Å²) < 4.78 is 1.20. The normalized spacial score (nSPS) is 12.9. The summed E-state index contributed by atoms with van der Waals surface area (Å²) in [6.07, 6.45) is 0. The molecule has 0 saturated carbocycles. The summed E-state index contributed by atoms with van der Waals surface area (Å²) in [7, 11) is 0. The van der Waals surface area contributed by atoms with Crippen LogP contribution in [0.15, 0.2) is 86.3 Å². The first-order valence-corrected chi connectivity index (χ1v) is 11.5. The molecular weight excluding hydrogens is 424 g/mol. The molecule has 2 aromatic heterocycles. The average Bonchev–Trinajstić information content (AvgIpc) is 3.09. The number of fused-ring (bicyclic) bond motifs is 5. The average molecular weight is 435 g/mol. The number of hydrogen-bond acceptors (Lipinski definition) is 5. The minimum absolute atomic E-state index is 0.292. The van der Waals surface area contributed by atoms with Crippen molar-refractivity contribution in [1.29, 1.82) is 0 Å². The van der Waals surface area contributed by atoms with Crippen LogP contribution in [0.3, 0.4) is 0 Å². The van der Waals surface area contributed by atoms with Crippen LogP contribution < -0.4 is 0 Å². The van der Waals surface area contributed by atoms with Gasteiger partial charge in [-0.15, -0.1) is 11.3 Å². The zero-order valence-electron chi connectivity index (χ0n) is 14.3. The lowest BCUT2D eigenvalue weighted by Gasteiger charge is -2.21. The second kappa shape index (κ2) is 6.49. The molecule has 1 aliphatic rings. The van der Waals surface area contributed by atoms with Crippen LogP contribution in [0.5, 0.6) is 0 Å². The van der Waals surface area contributed by atoms with E-state index < -0.39 is 0 Å². The van der Waals surface area contributed by atoms with E-state index in [0.29, 0.717) is 5.28 Å². The summed E-state index contributed by atoms with van der Waals surface area (Å²) in [6, 6.07) is 23.3. The van der Waals surface area contributed by atoms with Gasteiger partial charge in [0, 0.05) is 40.6 Å². The predicted molar refractivity (Wildman–Crippen MR) is 120 cm³/mol. The van der Waals surface area contributed by atoms with Crippen molar-refractivity contribution in [2.24, 2.45) is 0 Å². The Morgan fingerprint density at radius 2 is 1.46 bits per heavy atom. The molecule has 6 rings (SSSR count). The number of benzene rings is 3. The number of nitrogens with zero attached hydrogens (tertiary/aromatic N) is 2. The Labute approximate surface area is 179 Å². The highest BCUT2D eigenvalue weighted by molar-refractivity contribution is 8.05. The van der Waals surface area contributed by atoms with E-state index >= 15 is 0 Å². The Morgan fingerprint density at radius 3 is 2.36 bits per heavy atom. The summed E-state index contributed by atoms with van der Waals surface area (Å²) in [5.41, 5.74) is 2.03. The highest BCUT2D eigenvalue weighted by atomic mass is 35.5. The van der Waals surface area contributed by atoms with Crippen LogP contribution in [0.25, 0.3) is 31.6 Å². The zero-order valence-corrected chi connectivity index (χ0v) is 17.6. The second-order valence-electron chi connectivity index (χ2n) is 6.40. The second-order valence-corrected chi connectivity index (χ2v) is 9.91. The maximum Gasteiger partial charge on any atom is 0.224 e. The quantitative estimate of drug-likeness (QED) is 0.247. The van der Waals surface area contributed by atoms with Crippen LogP contribution in [-0.4, -0.2) is 9.97 Å². The van der Waals surface area contributed by atoms with Crippen molar-refractivity contribution in [3.8, 4) is 11.3 Å². The molecule has 6 heteroatoms. The van der Waals surface area contributed by atoms with Gasteiger partial charge in [0.25, 0.3) is 0 Å². The van der Waals surface area contributed by atoms with Crippen molar-refractivity contribution in [3.05, 3.63) is 72.0 Å². The maximum absolute atomic E-state index is 6.34. The van der Waals surface area contributed by atoms with Gasteiger partial charge in [-0.05, 0) is 35.9 Å². The monoisotopic (exact) mass is 434 g/mol. The lowest BCUT2D eigenvalue weighted by atomic mass is 10.1. The van der Waals surface area contributed by atoms with Crippen molar-refractivity contribution >= 4 is 66.8 Å². The molecule has 0 amide bonds. The smallest absolute Gasteiger partial charge is 0.217 e. The number of aromatic nitrogens is 2. The van der Waals surface area contributed by atoms with Crippen molar-refractivity contribution in [3.63, 3.8) is 0 Å². The largest absolute Gasteiger partial charge is 0.224 e. The first-order chi connectivity index (χ1) is 13.8. The fourth-order valence-electron chi connectivity index (χ4n) is 3.53. The Kier molecular flexibility index (Phi) is 3.91. The van der Waals surface area contributed by atoms with Crippen LogP contribution in [-0.2, 0) is 0 Å². The Hall–Kier alpha value is -2.05. The molecular formula is C22H11ClN2S3. The third-order valence-corrected chi connectivity index (χ3v) is 8.57. The molecule has 0 unspecified atom stereocenters. The molecule has 5 aromatic rings. The number of hydrogen-bond donors (Lipinski definition) is 0. The van der Waals surface area contributed by atoms with Gasteiger partial charge >= 0.3 is 0 Å². The third kappa shape index (κ3) is 2.58. The maximum atomic E-state index is 6.34. The number of halogens is 1. The van der Waals surface area contributed by atoms with Crippen LogP contribution in [0.4, 0.5) is 0 Å². The van der Waals surface area contributed by atoms with E-state index in [4.69, 9.17) is 16.6 Å². The van der Waals surface area contributed by atoms with Crippen molar-refractivity contribution in [2.75, 3.05) is 0 Å². The third-order valence-electron chi connectivity index (χ3n) is 4.73. The van der Waals surface area contributed by atoms with Gasteiger partial charge in [0.2, 0.25) is 5.28 Å². The van der Waals surface area contributed by atoms with E-state index in [0.717, 1.165) is 21.5 Å². The highest BCUT2D eigenvalue weighted by Gasteiger charge is 2.23. The minimum atomic E-state index is 0.292. The molecule has 3 aromatic carbocycles. The first-order valence-electron chi connectivity index (χ1n) is 8.71. The molecule has 0 bridgehead atoms. The predicted octanol–water partition coefficient (Wildman–Crippen LogP) is 7.78. The molecule has 0 radical (unpaired) electrons. The standard InChI is InChI=1S/C22H11ClN2S3/c23-22-24-19(18-12-6-1-2-8-14(12)28-21(18)25-22)13-7-5-11-17-20(13)27-16-10-4-3-9-15(16)26-17/h1-11H. The molecule has 0 spiro atoms. The number of thiophene rings is 1. The Bertz CT molecular complexity index is 1390. The zero-order chi connectivity index (χ0) is 18.7. The topological polar surface area (TPSA) is 25.8 Å². The summed E-state index contributed by atoms with van der Waals surface area (Å²) in [6.45, 7) is 0.